The number of likely N-dealkylation sites (tertiary alicyclic amines) is 1. The molecule has 2 heterocycles. The lowest BCUT2D eigenvalue weighted by Crippen LogP contribution is -2.28. The standard InChI is InChI=1S/C18H23N3O4S/c1-3-14-8-4-5-9-15(14)26(23,24)19-12-16-20-17(13(2)25-16)18(22)21-10-6-7-11-21/h4-5,8-9,19H,3,6-7,10-12H2,1-2H3. The van der Waals surface area contributed by atoms with Gasteiger partial charge in [-0.1, -0.05) is 25.1 Å². The van der Waals surface area contributed by atoms with Gasteiger partial charge in [-0.25, -0.2) is 18.1 Å². The zero-order valence-corrected chi connectivity index (χ0v) is 15.8. The van der Waals surface area contributed by atoms with Crippen LogP contribution in [0.4, 0.5) is 0 Å². The van der Waals surface area contributed by atoms with E-state index < -0.39 is 10.0 Å². The third kappa shape index (κ3) is 3.81. The van der Waals surface area contributed by atoms with Gasteiger partial charge in [0, 0.05) is 13.1 Å². The second kappa shape index (κ2) is 7.59. The molecule has 0 bridgehead atoms. The van der Waals surface area contributed by atoms with Crippen LogP contribution in [-0.4, -0.2) is 37.3 Å². The molecule has 1 aromatic carbocycles. The van der Waals surface area contributed by atoms with Crippen molar-refractivity contribution in [2.75, 3.05) is 13.1 Å². The van der Waals surface area contributed by atoms with Crippen molar-refractivity contribution in [2.45, 2.75) is 44.6 Å². The highest BCUT2D eigenvalue weighted by atomic mass is 32.2. The lowest BCUT2D eigenvalue weighted by Gasteiger charge is -2.13. The fourth-order valence-electron chi connectivity index (χ4n) is 3.09. The number of hydrogen-bond donors (Lipinski definition) is 1. The molecule has 0 atom stereocenters. The number of nitrogens with zero attached hydrogens (tertiary/aromatic N) is 2. The summed E-state index contributed by atoms with van der Waals surface area (Å²) in [6, 6.07) is 6.86. The summed E-state index contributed by atoms with van der Waals surface area (Å²) in [5, 5.41) is 0. The van der Waals surface area contributed by atoms with Crippen LogP contribution in [0.5, 0.6) is 0 Å². The van der Waals surface area contributed by atoms with Gasteiger partial charge >= 0.3 is 0 Å². The van der Waals surface area contributed by atoms with E-state index >= 15 is 0 Å². The number of nitrogens with one attached hydrogen (secondary N) is 1. The van der Waals surface area contributed by atoms with Crippen LogP contribution in [0.1, 0.15) is 47.5 Å². The lowest BCUT2D eigenvalue weighted by molar-refractivity contribution is 0.0786. The first-order valence-corrected chi connectivity index (χ1v) is 10.2. The Labute approximate surface area is 153 Å². The Balaban J connectivity index is 1.74. The van der Waals surface area contributed by atoms with Crippen molar-refractivity contribution >= 4 is 15.9 Å². The molecule has 0 radical (unpaired) electrons. The van der Waals surface area contributed by atoms with E-state index in [1.807, 2.05) is 13.0 Å². The van der Waals surface area contributed by atoms with Crippen LogP contribution in [0.3, 0.4) is 0 Å². The van der Waals surface area contributed by atoms with E-state index in [1.54, 1.807) is 30.0 Å². The first-order valence-electron chi connectivity index (χ1n) is 8.75. The van der Waals surface area contributed by atoms with E-state index in [4.69, 9.17) is 4.42 Å². The molecule has 3 rings (SSSR count). The van der Waals surface area contributed by atoms with Crippen molar-refractivity contribution in [2.24, 2.45) is 0 Å². The molecule has 0 aliphatic carbocycles. The Morgan fingerprint density at radius 3 is 2.65 bits per heavy atom. The summed E-state index contributed by atoms with van der Waals surface area (Å²) >= 11 is 0. The minimum absolute atomic E-state index is 0.103. The molecule has 1 aliphatic heterocycles. The molecular weight excluding hydrogens is 354 g/mol. The second-order valence-corrected chi connectivity index (χ2v) is 8.03. The minimum Gasteiger partial charge on any atom is -0.444 e. The van der Waals surface area contributed by atoms with Crippen LogP contribution in [0.15, 0.2) is 33.6 Å². The van der Waals surface area contributed by atoms with Gasteiger partial charge in [0.15, 0.2) is 5.69 Å². The number of amides is 1. The normalized spacial score (nSPS) is 14.8. The molecule has 1 N–H and O–H groups in total. The Kier molecular flexibility index (Phi) is 5.43. The van der Waals surface area contributed by atoms with Gasteiger partial charge in [0.25, 0.3) is 5.91 Å². The quantitative estimate of drug-likeness (QED) is 0.834. The molecule has 140 valence electrons. The molecule has 2 aromatic rings. The maximum absolute atomic E-state index is 12.6. The van der Waals surface area contributed by atoms with E-state index in [9.17, 15) is 13.2 Å². The smallest absolute Gasteiger partial charge is 0.276 e. The summed E-state index contributed by atoms with van der Waals surface area (Å²) in [5.41, 5.74) is 1.00. The summed E-state index contributed by atoms with van der Waals surface area (Å²) < 4.78 is 33.1. The van der Waals surface area contributed by atoms with Crippen molar-refractivity contribution in [3.05, 3.63) is 47.2 Å². The molecule has 26 heavy (non-hydrogen) atoms. The summed E-state index contributed by atoms with van der Waals surface area (Å²) in [6.07, 6.45) is 2.60. The van der Waals surface area contributed by atoms with E-state index in [2.05, 4.69) is 9.71 Å². The molecule has 1 aliphatic rings. The fourth-order valence-corrected chi connectivity index (χ4v) is 4.37. The van der Waals surface area contributed by atoms with Gasteiger partial charge < -0.3 is 9.32 Å². The molecule has 1 amide bonds. The number of aryl methyl sites for hydroxylation is 2. The van der Waals surface area contributed by atoms with Gasteiger partial charge in [-0.15, -0.1) is 0 Å². The number of hydrogen-bond acceptors (Lipinski definition) is 5. The van der Waals surface area contributed by atoms with Gasteiger partial charge in [0.1, 0.15) is 5.76 Å². The molecule has 7 nitrogen and oxygen atoms in total. The zero-order chi connectivity index (χ0) is 18.7. The van der Waals surface area contributed by atoms with Crippen molar-refractivity contribution in [1.29, 1.82) is 0 Å². The Hall–Kier alpha value is -2.19. The molecule has 1 fully saturated rings. The van der Waals surface area contributed by atoms with Crippen molar-refractivity contribution in [3.63, 3.8) is 0 Å². The highest BCUT2D eigenvalue weighted by Gasteiger charge is 2.25. The summed E-state index contributed by atoms with van der Waals surface area (Å²) in [6.45, 7) is 4.92. The topological polar surface area (TPSA) is 92.5 Å². The van der Waals surface area contributed by atoms with Crippen LogP contribution in [-0.2, 0) is 23.0 Å². The van der Waals surface area contributed by atoms with E-state index in [-0.39, 0.29) is 28.9 Å². The summed E-state index contributed by atoms with van der Waals surface area (Å²) in [5.74, 6) is 0.432. The number of carbonyl (C=O) groups excluding carboxylic acids is 1. The van der Waals surface area contributed by atoms with Crippen LogP contribution in [0, 0.1) is 6.92 Å². The molecule has 0 saturated carbocycles. The zero-order valence-electron chi connectivity index (χ0n) is 15.0. The Morgan fingerprint density at radius 2 is 1.96 bits per heavy atom. The lowest BCUT2D eigenvalue weighted by atomic mass is 10.2. The van der Waals surface area contributed by atoms with Crippen LogP contribution >= 0.6 is 0 Å². The molecule has 8 heteroatoms. The highest BCUT2D eigenvalue weighted by Crippen LogP contribution is 2.18. The Bertz CT molecular complexity index is 899. The predicted octanol–water partition coefficient (Wildman–Crippen LogP) is 2.26. The number of sulfonamides is 1. The molecule has 1 aromatic heterocycles. The molecule has 0 unspecified atom stereocenters. The number of aromatic nitrogens is 1. The average Bonchev–Trinajstić information content (AvgIpc) is 3.29. The number of rotatable bonds is 6. The van der Waals surface area contributed by atoms with Gasteiger partial charge in [0.2, 0.25) is 15.9 Å². The molecule has 0 spiro atoms. The van der Waals surface area contributed by atoms with Gasteiger partial charge in [-0.05, 0) is 37.8 Å². The van der Waals surface area contributed by atoms with Crippen LogP contribution < -0.4 is 4.72 Å². The number of oxazole rings is 1. The first kappa shape index (κ1) is 18.6. The third-order valence-corrected chi connectivity index (χ3v) is 5.99. The molecular formula is C18H23N3O4S. The second-order valence-electron chi connectivity index (χ2n) is 6.30. The van der Waals surface area contributed by atoms with Crippen LogP contribution in [0.2, 0.25) is 0 Å². The highest BCUT2D eigenvalue weighted by molar-refractivity contribution is 7.89. The van der Waals surface area contributed by atoms with E-state index in [0.717, 1.165) is 31.5 Å². The van der Waals surface area contributed by atoms with Gasteiger partial charge in [0.05, 0.1) is 11.4 Å². The van der Waals surface area contributed by atoms with Gasteiger partial charge in [-0.3, -0.25) is 4.79 Å². The first-order chi connectivity index (χ1) is 12.4. The number of benzene rings is 1. The molecule has 1 saturated heterocycles. The van der Waals surface area contributed by atoms with E-state index in [0.29, 0.717) is 12.2 Å². The largest absolute Gasteiger partial charge is 0.444 e. The number of carbonyl (C=O) groups is 1. The summed E-state index contributed by atoms with van der Waals surface area (Å²) in [7, 11) is -3.69. The summed E-state index contributed by atoms with van der Waals surface area (Å²) in [4.78, 5) is 18.7. The van der Waals surface area contributed by atoms with Crippen LogP contribution in [0.25, 0.3) is 0 Å². The van der Waals surface area contributed by atoms with Gasteiger partial charge in [-0.2, -0.15) is 0 Å². The third-order valence-electron chi connectivity index (χ3n) is 4.49. The van der Waals surface area contributed by atoms with Crippen molar-refractivity contribution in [3.8, 4) is 0 Å². The van der Waals surface area contributed by atoms with Crippen molar-refractivity contribution in [1.82, 2.24) is 14.6 Å². The average molecular weight is 377 g/mol. The maximum atomic E-state index is 12.6. The fraction of sp³-hybridized carbons (Fsp3) is 0.444. The van der Waals surface area contributed by atoms with E-state index in [1.165, 1.54) is 0 Å². The predicted molar refractivity (Wildman–Crippen MR) is 96.2 cm³/mol. The minimum atomic E-state index is -3.69. The SMILES string of the molecule is CCc1ccccc1S(=O)(=O)NCc1nc(C(=O)N2CCCC2)c(C)o1. The monoisotopic (exact) mass is 377 g/mol. The maximum Gasteiger partial charge on any atom is 0.276 e. The Morgan fingerprint density at radius 1 is 1.27 bits per heavy atom. The van der Waals surface area contributed by atoms with Crippen molar-refractivity contribution < 1.29 is 17.6 Å².